The largest absolute Gasteiger partial charge is 0.309 e. The Balaban J connectivity index is 1.10. The van der Waals surface area contributed by atoms with Gasteiger partial charge < -0.3 is 9.13 Å². The van der Waals surface area contributed by atoms with Crippen molar-refractivity contribution in [3.05, 3.63) is 254 Å². The van der Waals surface area contributed by atoms with Crippen LogP contribution in [0, 0.1) is 11.3 Å². The Labute approximate surface area is 379 Å². The molecule has 0 unspecified atom stereocenters. The Hall–Kier alpha value is -8.49. The van der Waals surface area contributed by atoms with E-state index in [0.717, 1.165) is 33.5 Å². The highest BCUT2D eigenvalue weighted by Crippen LogP contribution is 2.40. The van der Waals surface area contributed by atoms with E-state index in [0.29, 0.717) is 5.56 Å². The predicted molar refractivity (Wildman–Crippen MR) is 274 cm³/mol. The minimum Gasteiger partial charge on any atom is -0.309 e. The predicted octanol–water partition coefficient (Wildman–Crippen LogP) is 12.5. The number of aromatic nitrogens is 2. The molecular weight excluding hydrogens is 803 g/mol. The molecule has 12 aromatic rings. The Bertz CT molecular complexity index is 3730. The zero-order valence-electron chi connectivity index (χ0n) is 35.5. The second kappa shape index (κ2) is 15.7. The zero-order valence-corrected chi connectivity index (χ0v) is 36.5. The lowest BCUT2D eigenvalue weighted by atomic mass is 10.00. The van der Waals surface area contributed by atoms with Crippen LogP contribution < -0.4 is 20.7 Å². The lowest BCUT2D eigenvalue weighted by Crippen LogP contribution is -2.74. The molecule has 0 N–H and O–H groups in total. The quantitative estimate of drug-likeness (QED) is 0.111. The fourth-order valence-electron chi connectivity index (χ4n) is 10.5. The van der Waals surface area contributed by atoms with E-state index < -0.39 is 8.07 Å². The van der Waals surface area contributed by atoms with E-state index in [4.69, 9.17) is 0 Å². The second-order valence-corrected chi connectivity index (χ2v) is 20.6. The molecule has 304 valence electrons. The number of rotatable bonds is 8. The summed E-state index contributed by atoms with van der Waals surface area (Å²) in [5.41, 5.74) is 12.1. The van der Waals surface area contributed by atoms with Gasteiger partial charge in [0.15, 0.2) is 8.07 Å². The Morgan fingerprint density at radius 3 is 1.55 bits per heavy atom. The molecule has 0 spiro atoms. The lowest BCUT2D eigenvalue weighted by Gasteiger charge is -2.35. The molecule has 0 atom stereocenters. The van der Waals surface area contributed by atoms with Gasteiger partial charge in [0.05, 0.1) is 33.7 Å². The van der Waals surface area contributed by atoms with E-state index in [9.17, 15) is 5.26 Å². The van der Waals surface area contributed by atoms with Gasteiger partial charge in [-0.05, 0) is 98.1 Å². The van der Waals surface area contributed by atoms with Crippen LogP contribution in [0.15, 0.2) is 249 Å². The van der Waals surface area contributed by atoms with Crippen LogP contribution in [0.5, 0.6) is 0 Å². The third kappa shape index (κ3) is 6.17. The summed E-state index contributed by atoms with van der Waals surface area (Å²) in [4.78, 5) is 0. The van der Waals surface area contributed by atoms with Crippen molar-refractivity contribution in [2.45, 2.75) is 0 Å². The maximum atomic E-state index is 10.6. The van der Waals surface area contributed by atoms with Gasteiger partial charge in [-0.2, -0.15) is 5.26 Å². The topological polar surface area (TPSA) is 33.6 Å². The van der Waals surface area contributed by atoms with Crippen molar-refractivity contribution in [2.24, 2.45) is 0 Å². The summed E-state index contributed by atoms with van der Waals surface area (Å²) in [6, 6.07) is 92.6. The number of nitriles is 1. The van der Waals surface area contributed by atoms with Crippen LogP contribution in [0.1, 0.15) is 5.56 Å². The number of benzene rings is 10. The van der Waals surface area contributed by atoms with E-state index >= 15 is 0 Å². The van der Waals surface area contributed by atoms with Gasteiger partial charge in [-0.15, -0.1) is 0 Å². The first-order chi connectivity index (χ1) is 32.2. The molecule has 2 heterocycles. The minimum atomic E-state index is -3.08. The maximum Gasteiger partial charge on any atom is 0.179 e. The Kier molecular flexibility index (Phi) is 9.22. The van der Waals surface area contributed by atoms with Crippen LogP contribution in [0.25, 0.3) is 77.2 Å². The van der Waals surface area contributed by atoms with Crippen LogP contribution >= 0.6 is 0 Å². The average molecular weight is 844 g/mol. The first-order valence-electron chi connectivity index (χ1n) is 22.1. The normalized spacial score (nSPS) is 11.7. The van der Waals surface area contributed by atoms with Crippen molar-refractivity contribution in [3.63, 3.8) is 0 Å². The van der Waals surface area contributed by atoms with Gasteiger partial charge in [0.1, 0.15) is 0 Å². The van der Waals surface area contributed by atoms with Gasteiger partial charge >= 0.3 is 0 Å². The number of hydrogen-bond acceptors (Lipinski definition) is 1. The molecule has 0 aliphatic heterocycles. The summed E-state index contributed by atoms with van der Waals surface area (Å²) in [5.74, 6) is 0. The summed E-state index contributed by atoms with van der Waals surface area (Å²) in [7, 11) is -3.08. The van der Waals surface area contributed by atoms with Gasteiger partial charge in [0, 0.05) is 38.5 Å². The highest BCUT2D eigenvalue weighted by atomic mass is 28.3. The highest BCUT2D eigenvalue weighted by molar-refractivity contribution is 7.20. The van der Waals surface area contributed by atoms with Crippen LogP contribution in [0.4, 0.5) is 0 Å². The monoisotopic (exact) mass is 843 g/mol. The van der Waals surface area contributed by atoms with Crippen molar-refractivity contribution in [2.75, 3.05) is 0 Å². The second-order valence-electron chi connectivity index (χ2n) is 16.8. The van der Waals surface area contributed by atoms with E-state index in [1.807, 2.05) is 12.1 Å². The molecule has 2 aromatic heterocycles. The van der Waals surface area contributed by atoms with Crippen LogP contribution in [-0.4, -0.2) is 17.2 Å². The molecule has 65 heavy (non-hydrogen) atoms. The van der Waals surface area contributed by atoms with Gasteiger partial charge in [0.2, 0.25) is 0 Å². The fourth-order valence-corrected chi connectivity index (χ4v) is 15.3. The van der Waals surface area contributed by atoms with Gasteiger partial charge in [0.25, 0.3) is 0 Å². The van der Waals surface area contributed by atoms with E-state index in [2.05, 4.69) is 252 Å². The fraction of sp³-hybridized carbons (Fsp3) is 0. The maximum absolute atomic E-state index is 10.6. The number of hydrogen-bond donors (Lipinski definition) is 0. The summed E-state index contributed by atoms with van der Waals surface area (Å²) in [6.45, 7) is 0. The van der Waals surface area contributed by atoms with Crippen molar-refractivity contribution < 1.29 is 0 Å². The Morgan fingerprint density at radius 2 is 0.862 bits per heavy atom. The number of para-hydroxylation sites is 4. The Morgan fingerprint density at radius 1 is 0.323 bits per heavy atom. The summed E-state index contributed by atoms with van der Waals surface area (Å²) in [5, 5.41) is 20.4. The lowest BCUT2D eigenvalue weighted by molar-refractivity contribution is 1.18. The summed E-state index contributed by atoms with van der Waals surface area (Å²) in [6.07, 6.45) is 0. The van der Waals surface area contributed by atoms with Gasteiger partial charge in [-0.3, -0.25) is 0 Å². The first-order valence-corrected chi connectivity index (χ1v) is 24.1. The van der Waals surface area contributed by atoms with Gasteiger partial charge in [-0.1, -0.05) is 188 Å². The molecule has 12 rings (SSSR count). The molecule has 0 radical (unpaired) electrons. The molecule has 0 amide bonds. The van der Waals surface area contributed by atoms with Crippen molar-refractivity contribution in [1.29, 1.82) is 5.26 Å². The summed E-state index contributed by atoms with van der Waals surface area (Å²) < 4.78 is 4.86. The SMILES string of the molecule is N#Cc1cc(-c2ccccc2)cc([Si](c2ccccc2)(c2ccccc2)c2cccc(-n3c4ccccc4c4cc(-c5cccc6c7ccccc7n(-c7ccccc7)c56)ccc43)c2)c1. The van der Waals surface area contributed by atoms with Crippen LogP contribution in [0.3, 0.4) is 0 Å². The molecule has 4 heteroatoms. The molecule has 0 bridgehead atoms. The molecule has 0 saturated heterocycles. The van der Waals surface area contributed by atoms with Crippen molar-refractivity contribution in [1.82, 2.24) is 9.13 Å². The first kappa shape index (κ1) is 38.2. The van der Waals surface area contributed by atoms with Crippen LogP contribution in [0.2, 0.25) is 0 Å². The molecule has 0 aliphatic carbocycles. The number of nitrogens with zero attached hydrogens (tertiary/aromatic N) is 3. The standard InChI is InChI=1S/C61H41N3Si/c62-42-43-37-46(44-19-5-1-6-20-44)39-52(38-43)65(49-24-9-3-10-25-49,50-26-11-4-12-27-50)51-28-17-23-48(41-51)63-58-33-15-14-30-55(58)57-40-45(35-36-60(57)63)53-31-18-32-56-54-29-13-16-34-59(54)64(61(53)56)47-21-7-2-8-22-47/h1-41H. The van der Waals surface area contributed by atoms with Crippen LogP contribution in [-0.2, 0) is 0 Å². The van der Waals surface area contributed by atoms with Crippen molar-refractivity contribution in [3.8, 4) is 39.7 Å². The van der Waals surface area contributed by atoms with Crippen molar-refractivity contribution >= 4 is 72.4 Å². The number of fused-ring (bicyclic) bond motifs is 6. The van der Waals surface area contributed by atoms with E-state index in [1.54, 1.807) is 0 Å². The van der Waals surface area contributed by atoms with E-state index in [-0.39, 0.29) is 0 Å². The molecule has 0 aliphatic rings. The van der Waals surface area contributed by atoms with Gasteiger partial charge in [-0.25, -0.2) is 0 Å². The minimum absolute atomic E-state index is 0.652. The average Bonchev–Trinajstić information content (AvgIpc) is 3.91. The third-order valence-corrected chi connectivity index (χ3v) is 18.0. The molecule has 0 saturated carbocycles. The summed E-state index contributed by atoms with van der Waals surface area (Å²) >= 11 is 0. The molecule has 10 aromatic carbocycles. The molecular formula is C61H41N3Si. The highest BCUT2D eigenvalue weighted by Gasteiger charge is 2.42. The zero-order chi connectivity index (χ0) is 43.3. The molecule has 3 nitrogen and oxygen atoms in total. The smallest absolute Gasteiger partial charge is 0.179 e. The third-order valence-electron chi connectivity index (χ3n) is 13.2. The van der Waals surface area contributed by atoms with E-state index in [1.165, 1.54) is 64.5 Å². The molecule has 0 fully saturated rings.